The average Bonchev–Trinajstić information content (AvgIpc) is 2.28. The molecule has 1 fully saturated rings. The molecule has 1 aliphatic rings. The lowest BCUT2D eigenvalue weighted by Gasteiger charge is -2.31. The molecule has 1 saturated heterocycles. The third kappa shape index (κ3) is 4.72. The maximum Gasteiger partial charge on any atom is 0.232 e. The molecule has 2 atom stereocenters. The number of hydrogen-bond donors (Lipinski definition) is 1. The van der Waals surface area contributed by atoms with Gasteiger partial charge in [0.1, 0.15) is 0 Å². The second-order valence-electron chi connectivity index (χ2n) is 4.32. The van der Waals surface area contributed by atoms with Crippen LogP contribution in [-0.4, -0.2) is 59.8 Å². The SMILES string of the molecule is CC(CO)CSCC(=O)N1CCOC(C)C1. The molecule has 5 heteroatoms. The molecule has 1 aliphatic heterocycles. The standard InChI is InChI=1S/C11H21NO3S/c1-9(6-13)7-16-8-11(14)12-3-4-15-10(2)5-12/h9-10,13H,3-8H2,1-2H3. The summed E-state index contributed by atoms with van der Waals surface area (Å²) in [7, 11) is 0. The molecule has 1 heterocycles. The lowest BCUT2D eigenvalue weighted by atomic mass is 10.2. The molecular weight excluding hydrogens is 226 g/mol. The van der Waals surface area contributed by atoms with Crippen molar-refractivity contribution in [2.75, 3.05) is 37.8 Å². The van der Waals surface area contributed by atoms with E-state index in [4.69, 9.17) is 9.84 Å². The molecule has 4 nitrogen and oxygen atoms in total. The van der Waals surface area contributed by atoms with E-state index in [1.54, 1.807) is 11.8 Å². The first-order valence-corrected chi connectivity index (χ1v) is 6.87. The molecule has 0 radical (unpaired) electrons. The summed E-state index contributed by atoms with van der Waals surface area (Å²) >= 11 is 1.60. The van der Waals surface area contributed by atoms with Crippen molar-refractivity contribution in [3.05, 3.63) is 0 Å². The Kier molecular flexibility index (Phi) is 6.16. The first kappa shape index (κ1) is 13.8. The smallest absolute Gasteiger partial charge is 0.232 e. The van der Waals surface area contributed by atoms with E-state index in [9.17, 15) is 4.79 Å². The van der Waals surface area contributed by atoms with E-state index in [0.717, 1.165) is 5.75 Å². The van der Waals surface area contributed by atoms with Gasteiger partial charge in [-0.1, -0.05) is 6.92 Å². The van der Waals surface area contributed by atoms with Gasteiger partial charge >= 0.3 is 0 Å². The molecule has 0 aromatic heterocycles. The highest BCUT2D eigenvalue weighted by Gasteiger charge is 2.20. The van der Waals surface area contributed by atoms with Crippen LogP contribution < -0.4 is 0 Å². The van der Waals surface area contributed by atoms with Gasteiger partial charge in [0.15, 0.2) is 0 Å². The van der Waals surface area contributed by atoms with E-state index in [0.29, 0.717) is 25.4 Å². The molecule has 1 rings (SSSR count). The fraction of sp³-hybridized carbons (Fsp3) is 0.909. The molecule has 16 heavy (non-hydrogen) atoms. The Morgan fingerprint density at radius 2 is 2.44 bits per heavy atom. The van der Waals surface area contributed by atoms with E-state index in [1.165, 1.54) is 0 Å². The zero-order chi connectivity index (χ0) is 12.0. The first-order valence-electron chi connectivity index (χ1n) is 5.71. The van der Waals surface area contributed by atoms with Crippen LogP contribution in [0.25, 0.3) is 0 Å². The molecule has 1 N–H and O–H groups in total. The lowest BCUT2D eigenvalue weighted by molar-refractivity contribution is -0.135. The number of hydrogen-bond acceptors (Lipinski definition) is 4. The number of rotatable bonds is 5. The van der Waals surface area contributed by atoms with E-state index >= 15 is 0 Å². The van der Waals surface area contributed by atoms with Crippen LogP contribution in [0.1, 0.15) is 13.8 Å². The number of amides is 1. The molecule has 1 amide bonds. The Balaban J connectivity index is 2.19. The monoisotopic (exact) mass is 247 g/mol. The predicted molar refractivity (Wildman–Crippen MR) is 65.6 cm³/mol. The summed E-state index contributed by atoms with van der Waals surface area (Å²) in [5, 5.41) is 8.86. The molecule has 0 spiro atoms. The second kappa shape index (κ2) is 7.14. The third-order valence-corrected chi connectivity index (χ3v) is 3.79. The molecule has 2 unspecified atom stereocenters. The Morgan fingerprint density at radius 3 is 3.06 bits per heavy atom. The fourth-order valence-electron chi connectivity index (χ4n) is 1.54. The molecule has 94 valence electrons. The molecule has 0 bridgehead atoms. The Bertz CT molecular complexity index is 225. The number of nitrogens with zero attached hydrogens (tertiary/aromatic N) is 1. The molecular formula is C11H21NO3S. The topological polar surface area (TPSA) is 49.8 Å². The summed E-state index contributed by atoms with van der Waals surface area (Å²) in [5.41, 5.74) is 0. The zero-order valence-electron chi connectivity index (χ0n) is 10.0. The molecule has 0 aromatic carbocycles. The van der Waals surface area contributed by atoms with E-state index in [-0.39, 0.29) is 24.5 Å². The van der Waals surface area contributed by atoms with Gasteiger partial charge in [0.2, 0.25) is 5.91 Å². The highest BCUT2D eigenvalue weighted by molar-refractivity contribution is 7.99. The van der Waals surface area contributed by atoms with Gasteiger partial charge in [0.05, 0.1) is 18.5 Å². The number of carbonyl (C=O) groups excluding carboxylic acids is 1. The highest BCUT2D eigenvalue weighted by Crippen LogP contribution is 2.11. The summed E-state index contributed by atoms with van der Waals surface area (Å²) in [5.74, 6) is 1.80. The van der Waals surface area contributed by atoms with Crippen LogP contribution in [0.2, 0.25) is 0 Å². The number of aliphatic hydroxyl groups is 1. The summed E-state index contributed by atoms with van der Waals surface area (Å²) in [6.07, 6.45) is 0.152. The third-order valence-electron chi connectivity index (χ3n) is 2.53. The van der Waals surface area contributed by atoms with Crippen molar-refractivity contribution in [1.82, 2.24) is 4.90 Å². The molecule has 0 aromatic rings. The minimum Gasteiger partial charge on any atom is -0.396 e. The van der Waals surface area contributed by atoms with Gasteiger partial charge in [-0.2, -0.15) is 11.8 Å². The van der Waals surface area contributed by atoms with Crippen LogP contribution >= 0.6 is 11.8 Å². The minimum atomic E-state index is 0.152. The van der Waals surface area contributed by atoms with Crippen LogP contribution in [0.3, 0.4) is 0 Å². The van der Waals surface area contributed by atoms with Crippen molar-refractivity contribution >= 4 is 17.7 Å². The number of morpholine rings is 1. The molecule has 0 saturated carbocycles. The van der Waals surface area contributed by atoms with Crippen LogP contribution in [0.4, 0.5) is 0 Å². The van der Waals surface area contributed by atoms with Crippen molar-refractivity contribution in [1.29, 1.82) is 0 Å². The average molecular weight is 247 g/mol. The summed E-state index contributed by atoms with van der Waals surface area (Å²) in [4.78, 5) is 13.7. The van der Waals surface area contributed by atoms with E-state index < -0.39 is 0 Å². The van der Waals surface area contributed by atoms with Crippen molar-refractivity contribution in [2.24, 2.45) is 5.92 Å². The van der Waals surface area contributed by atoms with Crippen molar-refractivity contribution < 1.29 is 14.6 Å². The van der Waals surface area contributed by atoms with Gasteiger partial charge in [-0.25, -0.2) is 0 Å². The fourth-order valence-corrected chi connectivity index (χ4v) is 2.52. The maximum absolute atomic E-state index is 11.8. The number of carbonyl (C=O) groups is 1. The van der Waals surface area contributed by atoms with E-state index in [1.807, 2.05) is 18.7 Å². The van der Waals surface area contributed by atoms with Crippen LogP contribution in [0.5, 0.6) is 0 Å². The number of ether oxygens (including phenoxy) is 1. The van der Waals surface area contributed by atoms with Gasteiger partial charge in [-0.3, -0.25) is 4.79 Å². The normalized spacial score (nSPS) is 23.2. The predicted octanol–water partition coefficient (Wildman–Crippen LogP) is 0.595. The number of aliphatic hydroxyl groups excluding tert-OH is 1. The van der Waals surface area contributed by atoms with Crippen molar-refractivity contribution in [2.45, 2.75) is 20.0 Å². The quantitative estimate of drug-likeness (QED) is 0.773. The Labute approximate surface area is 101 Å². The van der Waals surface area contributed by atoms with Crippen LogP contribution in [0, 0.1) is 5.92 Å². The van der Waals surface area contributed by atoms with Gasteiger partial charge in [-0.15, -0.1) is 0 Å². The zero-order valence-corrected chi connectivity index (χ0v) is 10.8. The van der Waals surface area contributed by atoms with Crippen LogP contribution in [-0.2, 0) is 9.53 Å². The Morgan fingerprint density at radius 1 is 1.69 bits per heavy atom. The van der Waals surface area contributed by atoms with Gasteiger partial charge in [0.25, 0.3) is 0 Å². The van der Waals surface area contributed by atoms with Crippen molar-refractivity contribution in [3.63, 3.8) is 0 Å². The highest BCUT2D eigenvalue weighted by atomic mass is 32.2. The van der Waals surface area contributed by atoms with E-state index in [2.05, 4.69) is 0 Å². The Hall–Kier alpha value is -0.260. The summed E-state index contributed by atoms with van der Waals surface area (Å²) < 4.78 is 5.38. The maximum atomic E-state index is 11.8. The second-order valence-corrected chi connectivity index (χ2v) is 5.35. The largest absolute Gasteiger partial charge is 0.396 e. The van der Waals surface area contributed by atoms with Gasteiger partial charge in [0, 0.05) is 19.7 Å². The summed E-state index contributed by atoms with van der Waals surface area (Å²) in [6, 6.07) is 0. The minimum absolute atomic E-state index is 0.152. The molecule has 0 aliphatic carbocycles. The summed E-state index contributed by atoms with van der Waals surface area (Å²) in [6.45, 7) is 6.21. The van der Waals surface area contributed by atoms with Crippen LogP contribution in [0.15, 0.2) is 0 Å². The first-order chi connectivity index (χ1) is 7.63. The van der Waals surface area contributed by atoms with Crippen molar-refractivity contribution in [3.8, 4) is 0 Å². The lowest BCUT2D eigenvalue weighted by Crippen LogP contribution is -2.45. The number of thioether (sulfide) groups is 1. The van der Waals surface area contributed by atoms with Gasteiger partial charge in [-0.05, 0) is 18.6 Å². The van der Waals surface area contributed by atoms with Gasteiger partial charge < -0.3 is 14.7 Å².